The minimum absolute atomic E-state index is 0.222. The number of nitrogens with zero attached hydrogens (tertiary/aromatic N) is 1. The Morgan fingerprint density at radius 2 is 2.38 bits per heavy atom. The second kappa shape index (κ2) is 5.25. The molecule has 1 aromatic rings. The molecular formula is C10H17N3O2S. The first-order valence-electron chi connectivity index (χ1n) is 5.01. The molecule has 0 fully saturated rings. The van der Waals surface area contributed by atoms with Crippen molar-refractivity contribution in [2.75, 3.05) is 5.75 Å². The van der Waals surface area contributed by atoms with E-state index in [1.165, 1.54) is 0 Å². The van der Waals surface area contributed by atoms with Gasteiger partial charge in [0.1, 0.15) is 5.60 Å². The molecule has 6 heteroatoms. The highest BCUT2D eigenvalue weighted by molar-refractivity contribution is 7.80. The van der Waals surface area contributed by atoms with Gasteiger partial charge in [0.05, 0.1) is 24.3 Å². The molecule has 0 bridgehead atoms. The molecule has 0 saturated heterocycles. The first-order valence-corrected chi connectivity index (χ1v) is 5.64. The smallest absolute Gasteiger partial charge is 0.408 e. The number of aromatic amines is 1. The molecule has 0 saturated carbocycles. The minimum Gasteiger partial charge on any atom is -0.444 e. The van der Waals surface area contributed by atoms with E-state index in [1.54, 1.807) is 12.5 Å². The van der Waals surface area contributed by atoms with Gasteiger partial charge in [-0.15, -0.1) is 0 Å². The molecule has 1 heterocycles. The molecule has 0 radical (unpaired) electrons. The van der Waals surface area contributed by atoms with Crippen molar-refractivity contribution in [2.24, 2.45) is 0 Å². The Kier molecular flexibility index (Phi) is 4.23. The lowest BCUT2D eigenvalue weighted by atomic mass is 10.2. The molecule has 1 atom stereocenters. The summed E-state index contributed by atoms with van der Waals surface area (Å²) >= 11 is 4.17. The van der Waals surface area contributed by atoms with Crippen molar-refractivity contribution < 1.29 is 9.53 Å². The normalized spacial score (nSPS) is 13.2. The Labute approximate surface area is 100 Å². The number of H-pyrrole nitrogens is 1. The van der Waals surface area contributed by atoms with Crippen LogP contribution in [-0.2, 0) is 4.74 Å². The fourth-order valence-corrected chi connectivity index (χ4v) is 1.42. The SMILES string of the molecule is CC(C)(C)OC(=O)NC(CS)c1cnc[nH]1. The second-order valence-electron chi connectivity index (χ2n) is 4.39. The van der Waals surface area contributed by atoms with E-state index >= 15 is 0 Å². The fraction of sp³-hybridized carbons (Fsp3) is 0.600. The number of nitrogens with one attached hydrogen (secondary N) is 2. The zero-order valence-corrected chi connectivity index (χ0v) is 10.5. The highest BCUT2D eigenvalue weighted by Crippen LogP contribution is 2.13. The number of rotatable bonds is 3. The molecule has 0 aliphatic heterocycles. The summed E-state index contributed by atoms with van der Waals surface area (Å²) in [4.78, 5) is 18.3. The summed E-state index contributed by atoms with van der Waals surface area (Å²) in [5.41, 5.74) is 0.306. The van der Waals surface area contributed by atoms with Crippen LogP contribution in [0.25, 0.3) is 0 Å². The van der Waals surface area contributed by atoms with Gasteiger partial charge >= 0.3 is 6.09 Å². The number of hydrogen-bond donors (Lipinski definition) is 3. The van der Waals surface area contributed by atoms with Crippen molar-refractivity contribution in [3.05, 3.63) is 18.2 Å². The summed E-state index contributed by atoms with van der Waals surface area (Å²) in [6.45, 7) is 5.45. The van der Waals surface area contributed by atoms with Gasteiger partial charge < -0.3 is 15.0 Å². The first-order chi connectivity index (χ1) is 7.42. The van der Waals surface area contributed by atoms with Crippen molar-refractivity contribution in [3.63, 3.8) is 0 Å². The van der Waals surface area contributed by atoms with Crippen molar-refractivity contribution in [1.29, 1.82) is 0 Å². The van der Waals surface area contributed by atoms with Gasteiger partial charge in [0.15, 0.2) is 0 Å². The van der Waals surface area contributed by atoms with E-state index in [2.05, 4.69) is 27.9 Å². The summed E-state index contributed by atoms with van der Waals surface area (Å²) in [6.07, 6.45) is 2.75. The molecule has 1 rings (SSSR count). The molecule has 0 spiro atoms. The predicted octanol–water partition coefficient (Wildman–Crippen LogP) is 1.91. The summed E-state index contributed by atoms with van der Waals surface area (Å²) in [7, 11) is 0. The highest BCUT2D eigenvalue weighted by atomic mass is 32.1. The molecule has 1 amide bonds. The molecular weight excluding hydrogens is 226 g/mol. The van der Waals surface area contributed by atoms with Crippen LogP contribution in [0.4, 0.5) is 4.79 Å². The van der Waals surface area contributed by atoms with Gasteiger partial charge in [-0.05, 0) is 20.8 Å². The van der Waals surface area contributed by atoms with Crippen molar-refractivity contribution in [3.8, 4) is 0 Å². The summed E-state index contributed by atoms with van der Waals surface area (Å²) < 4.78 is 5.15. The molecule has 0 aromatic carbocycles. The number of hydrogen-bond acceptors (Lipinski definition) is 4. The lowest BCUT2D eigenvalue weighted by Gasteiger charge is -2.22. The summed E-state index contributed by atoms with van der Waals surface area (Å²) in [5, 5.41) is 2.72. The van der Waals surface area contributed by atoms with E-state index < -0.39 is 11.7 Å². The van der Waals surface area contributed by atoms with Crippen LogP contribution in [0.5, 0.6) is 0 Å². The number of amides is 1. The van der Waals surface area contributed by atoms with Gasteiger partial charge in [-0.1, -0.05) is 0 Å². The van der Waals surface area contributed by atoms with Gasteiger partial charge in [0.25, 0.3) is 0 Å². The zero-order chi connectivity index (χ0) is 12.2. The van der Waals surface area contributed by atoms with Crippen LogP contribution < -0.4 is 5.32 Å². The Hall–Kier alpha value is -1.17. The Morgan fingerprint density at radius 3 is 2.81 bits per heavy atom. The number of aromatic nitrogens is 2. The van der Waals surface area contributed by atoms with E-state index in [4.69, 9.17) is 4.74 Å². The number of carbonyl (C=O) groups is 1. The third kappa shape index (κ3) is 4.14. The number of imidazole rings is 1. The van der Waals surface area contributed by atoms with Crippen LogP contribution in [0.15, 0.2) is 12.5 Å². The largest absolute Gasteiger partial charge is 0.444 e. The van der Waals surface area contributed by atoms with Crippen LogP contribution in [0.1, 0.15) is 32.5 Å². The third-order valence-electron chi connectivity index (χ3n) is 1.77. The molecule has 16 heavy (non-hydrogen) atoms. The Balaban J connectivity index is 2.55. The monoisotopic (exact) mass is 243 g/mol. The summed E-state index contributed by atoms with van der Waals surface area (Å²) in [5.74, 6) is 0.474. The minimum atomic E-state index is -0.501. The molecule has 0 aliphatic carbocycles. The van der Waals surface area contributed by atoms with Gasteiger partial charge in [-0.3, -0.25) is 0 Å². The molecule has 2 N–H and O–H groups in total. The maximum absolute atomic E-state index is 11.5. The van der Waals surface area contributed by atoms with E-state index in [-0.39, 0.29) is 6.04 Å². The number of carbonyl (C=O) groups excluding carboxylic acids is 1. The van der Waals surface area contributed by atoms with Crippen LogP contribution in [0.2, 0.25) is 0 Å². The predicted molar refractivity (Wildman–Crippen MR) is 64.6 cm³/mol. The molecule has 1 aromatic heterocycles. The van der Waals surface area contributed by atoms with Crippen molar-refractivity contribution in [2.45, 2.75) is 32.4 Å². The highest BCUT2D eigenvalue weighted by Gasteiger charge is 2.20. The maximum atomic E-state index is 11.5. The van der Waals surface area contributed by atoms with Gasteiger partial charge in [0, 0.05) is 5.75 Å². The molecule has 5 nitrogen and oxygen atoms in total. The van der Waals surface area contributed by atoms with Gasteiger partial charge in [0.2, 0.25) is 0 Å². The van der Waals surface area contributed by atoms with Crippen molar-refractivity contribution in [1.82, 2.24) is 15.3 Å². The van der Waals surface area contributed by atoms with E-state index in [0.717, 1.165) is 5.69 Å². The Morgan fingerprint density at radius 1 is 1.69 bits per heavy atom. The summed E-state index contributed by atoms with van der Waals surface area (Å²) in [6, 6.07) is -0.222. The molecule has 1 unspecified atom stereocenters. The van der Waals surface area contributed by atoms with Crippen LogP contribution in [-0.4, -0.2) is 27.4 Å². The zero-order valence-electron chi connectivity index (χ0n) is 9.65. The Bertz CT molecular complexity index is 332. The third-order valence-corrected chi connectivity index (χ3v) is 2.13. The standard InChI is InChI=1S/C10H17N3O2S/c1-10(2,3)15-9(14)13-8(5-16)7-4-11-6-12-7/h4,6,8,16H,5H2,1-3H3,(H,11,12)(H,13,14). The van der Waals surface area contributed by atoms with Crippen LogP contribution >= 0.6 is 12.6 Å². The average Bonchev–Trinajstić information content (AvgIpc) is 2.63. The van der Waals surface area contributed by atoms with Crippen LogP contribution in [0.3, 0.4) is 0 Å². The van der Waals surface area contributed by atoms with Gasteiger partial charge in [-0.25, -0.2) is 9.78 Å². The number of ether oxygens (including phenoxy) is 1. The number of alkyl carbamates (subject to hydrolysis) is 1. The van der Waals surface area contributed by atoms with Crippen LogP contribution in [0, 0.1) is 0 Å². The lowest BCUT2D eigenvalue weighted by molar-refractivity contribution is 0.0508. The maximum Gasteiger partial charge on any atom is 0.408 e. The molecule has 0 aliphatic rings. The molecule has 90 valence electrons. The lowest BCUT2D eigenvalue weighted by Crippen LogP contribution is -2.35. The fourth-order valence-electron chi connectivity index (χ4n) is 1.13. The van der Waals surface area contributed by atoms with E-state index in [9.17, 15) is 4.79 Å². The first kappa shape index (κ1) is 12.9. The quantitative estimate of drug-likeness (QED) is 0.710. The van der Waals surface area contributed by atoms with E-state index in [1.807, 2.05) is 20.8 Å². The van der Waals surface area contributed by atoms with Crippen molar-refractivity contribution >= 4 is 18.7 Å². The number of thiol groups is 1. The average molecular weight is 243 g/mol. The second-order valence-corrected chi connectivity index (χ2v) is 4.75. The van der Waals surface area contributed by atoms with Gasteiger partial charge in [-0.2, -0.15) is 12.6 Å². The topological polar surface area (TPSA) is 67.0 Å². The van der Waals surface area contributed by atoms with E-state index in [0.29, 0.717) is 5.75 Å².